The molecule has 1 heterocycles. The molecule has 1 aliphatic carbocycles. The van der Waals surface area contributed by atoms with Crippen LogP contribution in [-0.2, 0) is 0 Å². The minimum atomic E-state index is 0.843. The molecular weight excluding hydrogens is 256 g/mol. The van der Waals surface area contributed by atoms with Crippen LogP contribution in [0.3, 0.4) is 0 Å². The molecular formula is C19H42N2. The van der Waals surface area contributed by atoms with Crippen molar-refractivity contribution in [2.75, 3.05) is 26.2 Å². The highest BCUT2D eigenvalue weighted by Crippen LogP contribution is 2.24. The summed E-state index contributed by atoms with van der Waals surface area (Å²) in [4.78, 5) is 2.57. The van der Waals surface area contributed by atoms with Gasteiger partial charge < -0.3 is 10.2 Å². The Kier molecular flexibility index (Phi) is 14.8. The third kappa shape index (κ3) is 11.2. The second kappa shape index (κ2) is 14.8. The van der Waals surface area contributed by atoms with Gasteiger partial charge in [0.25, 0.3) is 0 Å². The molecule has 2 aliphatic rings. The van der Waals surface area contributed by atoms with Gasteiger partial charge in [-0.3, -0.25) is 0 Å². The van der Waals surface area contributed by atoms with Crippen LogP contribution in [0.5, 0.6) is 0 Å². The van der Waals surface area contributed by atoms with Gasteiger partial charge in [-0.05, 0) is 77.0 Å². The smallest absolute Gasteiger partial charge is 0.00696 e. The van der Waals surface area contributed by atoms with Gasteiger partial charge in [-0.25, -0.2) is 0 Å². The third-order valence-corrected chi connectivity index (χ3v) is 4.37. The van der Waals surface area contributed by atoms with Crippen molar-refractivity contribution in [2.24, 2.45) is 5.92 Å². The van der Waals surface area contributed by atoms with Gasteiger partial charge in [0, 0.05) is 6.04 Å². The lowest BCUT2D eigenvalue weighted by Crippen LogP contribution is -2.30. The summed E-state index contributed by atoms with van der Waals surface area (Å²) in [5.74, 6) is 0.967. The molecule has 1 aliphatic heterocycles. The first-order valence-corrected chi connectivity index (χ1v) is 9.72. The van der Waals surface area contributed by atoms with Crippen LogP contribution >= 0.6 is 0 Å². The Balaban J connectivity index is 0.000000342. The van der Waals surface area contributed by atoms with Crippen molar-refractivity contribution in [3.05, 3.63) is 0 Å². The van der Waals surface area contributed by atoms with Gasteiger partial charge in [0.05, 0.1) is 0 Å². The van der Waals surface area contributed by atoms with Gasteiger partial charge in [-0.2, -0.15) is 0 Å². The Bertz CT molecular complexity index is 197. The van der Waals surface area contributed by atoms with E-state index in [2.05, 4.69) is 31.0 Å². The lowest BCUT2D eigenvalue weighted by molar-refractivity contribution is 0.229. The van der Waals surface area contributed by atoms with E-state index >= 15 is 0 Å². The Labute approximate surface area is 135 Å². The van der Waals surface area contributed by atoms with Crippen LogP contribution in [0, 0.1) is 5.92 Å². The summed E-state index contributed by atoms with van der Waals surface area (Å²) in [6, 6.07) is 0.843. The summed E-state index contributed by atoms with van der Waals surface area (Å²) in [5.41, 5.74) is 0. The zero-order valence-electron chi connectivity index (χ0n) is 15.6. The second-order valence-electron chi connectivity index (χ2n) is 6.47. The van der Waals surface area contributed by atoms with E-state index in [0.29, 0.717) is 0 Å². The van der Waals surface area contributed by atoms with E-state index in [1.54, 1.807) is 0 Å². The van der Waals surface area contributed by atoms with E-state index in [-0.39, 0.29) is 0 Å². The molecule has 21 heavy (non-hydrogen) atoms. The number of piperidine rings is 1. The van der Waals surface area contributed by atoms with Gasteiger partial charge in [0.2, 0.25) is 0 Å². The maximum Gasteiger partial charge on any atom is 0.00696 e. The number of rotatable bonds is 5. The van der Waals surface area contributed by atoms with Crippen LogP contribution in [0.1, 0.15) is 86.0 Å². The first kappa shape index (κ1) is 20.9. The molecule has 0 radical (unpaired) electrons. The molecule has 2 rings (SSSR count). The topological polar surface area (TPSA) is 15.3 Å². The molecule has 2 unspecified atom stereocenters. The molecule has 0 bridgehead atoms. The van der Waals surface area contributed by atoms with Crippen LogP contribution in [0.15, 0.2) is 0 Å². The van der Waals surface area contributed by atoms with Crippen LogP contribution in [0.2, 0.25) is 0 Å². The molecule has 2 fully saturated rings. The summed E-state index contributed by atoms with van der Waals surface area (Å²) >= 11 is 0. The molecule has 0 aromatic carbocycles. The van der Waals surface area contributed by atoms with Gasteiger partial charge in [0.15, 0.2) is 0 Å². The van der Waals surface area contributed by atoms with Crippen molar-refractivity contribution in [3.63, 3.8) is 0 Å². The number of hydrogen-bond donors (Lipinski definition) is 1. The van der Waals surface area contributed by atoms with Gasteiger partial charge >= 0.3 is 0 Å². The van der Waals surface area contributed by atoms with Gasteiger partial charge in [0.1, 0.15) is 0 Å². The molecule has 0 aromatic heterocycles. The highest BCUT2D eigenvalue weighted by Gasteiger charge is 2.19. The van der Waals surface area contributed by atoms with Crippen molar-refractivity contribution in [3.8, 4) is 0 Å². The fourth-order valence-electron chi connectivity index (χ4n) is 3.24. The highest BCUT2D eigenvalue weighted by atomic mass is 15.1. The van der Waals surface area contributed by atoms with Crippen LogP contribution < -0.4 is 5.32 Å². The van der Waals surface area contributed by atoms with Crippen LogP contribution in [0.4, 0.5) is 0 Å². The van der Waals surface area contributed by atoms with E-state index in [0.717, 1.165) is 12.0 Å². The largest absolute Gasteiger partial charge is 0.314 e. The summed E-state index contributed by atoms with van der Waals surface area (Å²) in [6.45, 7) is 16.1. The summed E-state index contributed by atoms with van der Waals surface area (Å²) < 4.78 is 0. The number of hydrogen-bond acceptors (Lipinski definition) is 2. The lowest BCUT2D eigenvalue weighted by Gasteiger charge is -2.25. The molecule has 1 saturated carbocycles. The van der Waals surface area contributed by atoms with Gasteiger partial charge in [-0.1, -0.05) is 41.0 Å². The van der Waals surface area contributed by atoms with Crippen LogP contribution in [0.25, 0.3) is 0 Å². The standard InChI is InChI=1S/C9H19N.C8H17N.C2H6/c1-3-6-10-9-5-4-8(2)7-9;1-2-6-9-7-4-3-5-8-9;1-2/h8-10H,3-7H2,1-2H3;2-8H2,1H3;1-2H3. The molecule has 2 nitrogen and oxygen atoms in total. The minimum absolute atomic E-state index is 0.843. The summed E-state index contributed by atoms with van der Waals surface area (Å²) in [6.07, 6.45) is 11.1. The van der Waals surface area contributed by atoms with E-state index in [9.17, 15) is 0 Å². The zero-order chi connectivity index (χ0) is 15.9. The number of likely N-dealkylation sites (tertiary alicyclic amines) is 1. The predicted molar refractivity (Wildman–Crippen MR) is 97.0 cm³/mol. The zero-order valence-corrected chi connectivity index (χ0v) is 15.6. The number of nitrogens with zero attached hydrogens (tertiary/aromatic N) is 1. The van der Waals surface area contributed by atoms with Crippen molar-refractivity contribution in [1.82, 2.24) is 10.2 Å². The fraction of sp³-hybridized carbons (Fsp3) is 1.00. The maximum atomic E-state index is 3.56. The lowest BCUT2D eigenvalue weighted by atomic mass is 10.1. The number of nitrogens with one attached hydrogen (secondary N) is 1. The highest BCUT2D eigenvalue weighted by molar-refractivity contribution is 4.77. The van der Waals surface area contributed by atoms with E-state index in [1.165, 1.54) is 77.5 Å². The molecule has 128 valence electrons. The average molecular weight is 299 g/mol. The molecule has 2 heteroatoms. The monoisotopic (exact) mass is 298 g/mol. The quantitative estimate of drug-likeness (QED) is 0.761. The summed E-state index contributed by atoms with van der Waals surface area (Å²) in [5, 5.41) is 3.56. The van der Waals surface area contributed by atoms with E-state index < -0.39 is 0 Å². The minimum Gasteiger partial charge on any atom is -0.314 e. The fourth-order valence-corrected chi connectivity index (χ4v) is 3.24. The predicted octanol–water partition coefficient (Wildman–Crippen LogP) is 5.08. The van der Waals surface area contributed by atoms with Gasteiger partial charge in [-0.15, -0.1) is 0 Å². The molecule has 1 saturated heterocycles. The van der Waals surface area contributed by atoms with E-state index in [1.807, 2.05) is 13.8 Å². The van der Waals surface area contributed by atoms with Crippen molar-refractivity contribution < 1.29 is 0 Å². The van der Waals surface area contributed by atoms with Crippen LogP contribution in [-0.4, -0.2) is 37.1 Å². The van der Waals surface area contributed by atoms with E-state index in [4.69, 9.17) is 0 Å². The Hall–Kier alpha value is -0.0800. The Morgan fingerprint density at radius 1 is 0.952 bits per heavy atom. The first-order chi connectivity index (χ1) is 10.3. The average Bonchev–Trinajstić information content (AvgIpc) is 2.95. The summed E-state index contributed by atoms with van der Waals surface area (Å²) in [7, 11) is 0. The Morgan fingerprint density at radius 3 is 2.10 bits per heavy atom. The third-order valence-electron chi connectivity index (χ3n) is 4.37. The normalized spacial score (nSPS) is 25.6. The molecule has 0 amide bonds. The Morgan fingerprint density at radius 2 is 1.62 bits per heavy atom. The molecule has 0 aromatic rings. The van der Waals surface area contributed by atoms with Crippen molar-refractivity contribution >= 4 is 0 Å². The SMILES string of the molecule is CC.CCCN1CCCCC1.CCCNC1CCC(C)C1. The first-order valence-electron chi connectivity index (χ1n) is 9.72. The molecule has 2 atom stereocenters. The molecule has 0 spiro atoms. The second-order valence-corrected chi connectivity index (χ2v) is 6.47. The van der Waals surface area contributed by atoms with Crippen molar-refractivity contribution in [2.45, 2.75) is 92.0 Å². The maximum absolute atomic E-state index is 3.56. The molecule has 1 N–H and O–H groups in total. The van der Waals surface area contributed by atoms with Crippen molar-refractivity contribution in [1.29, 1.82) is 0 Å².